The third kappa shape index (κ3) is 4.46. The maximum Gasteiger partial charge on any atom is 0.0423 e. The Labute approximate surface area is 115 Å². The molecule has 1 heteroatoms. The number of alkyl halides is 1. The second-order valence-corrected chi connectivity index (χ2v) is 6.83. The van der Waals surface area contributed by atoms with Gasteiger partial charge in [0.2, 0.25) is 0 Å². The third-order valence-electron chi connectivity index (χ3n) is 3.46. The standard InChI is InChI=1S/C16H25Br/c1-11(2)10-14-6-8-15(9-7-14)16(17)13(5)12(3)4/h6-9,11-13,16H,10H2,1-5H3. The summed E-state index contributed by atoms with van der Waals surface area (Å²) in [6, 6.07) is 9.10. The molecule has 1 rings (SSSR count). The van der Waals surface area contributed by atoms with Crippen LogP contribution in [-0.4, -0.2) is 0 Å². The van der Waals surface area contributed by atoms with Crippen molar-refractivity contribution in [2.75, 3.05) is 0 Å². The van der Waals surface area contributed by atoms with E-state index in [1.54, 1.807) is 0 Å². The van der Waals surface area contributed by atoms with Crippen LogP contribution in [0.1, 0.15) is 50.6 Å². The average Bonchev–Trinajstić information content (AvgIpc) is 2.27. The quantitative estimate of drug-likeness (QED) is 0.619. The summed E-state index contributed by atoms with van der Waals surface area (Å²) in [6.07, 6.45) is 1.17. The van der Waals surface area contributed by atoms with Gasteiger partial charge in [0.15, 0.2) is 0 Å². The van der Waals surface area contributed by atoms with Crippen molar-refractivity contribution in [2.24, 2.45) is 17.8 Å². The van der Waals surface area contributed by atoms with E-state index in [1.165, 1.54) is 17.5 Å². The minimum atomic E-state index is 0.468. The Bertz CT molecular complexity index is 324. The number of hydrogen-bond acceptors (Lipinski definition) is 0. The van der Waals surface area contributed by atoms with Gasteiger partial charge >= 0.3 is 0 Å². The third-order valence-corrected chi connectivity index (χ3v) is 4.82. The Morgan fingerprint density at radius 3 is 1.88 bits per heavy atom. The zero-order valence-electron chi connectivity index (χ0n) is 11.7. The van der Waals surface area contributed by atoms with Crippen LogP contribution in [0.2, 0.25) is 0 Å². The molecule has 0 fully saturated rings. The summed E-state index contributed by atoms with van der Waals surface area (Å²) >= 11 is 3.83. The normalized spacial score (nSPS) is 15.3. The van der Waals surface area contributed by atoms with Crippen LogP contribution >= 0.6 is 15.9 Å². The summed E-state index contributed by atoms with van der Waals surface area (Å²) < 4.78 is 0. The van der Waals surface area contributed by atoms with Gasteiger partial charge in [-0.2, -0.15) is 0 Å². The van der Waals surface area contributed by atoms with E-state index in [1.807, 2.05) is 0 Å². The molecule has 96 valence electrons. The van der Waals surface area contributed by atoms with Crippen LogP contribution in [0.3, 0.4) is 0 Å². The molecule has 0 bridgehead atoms. The van der Waals surface area contributed by atoms with Crippen molar-refractivity contribution < 1.29 is 0 Å². The van der Waals surface area contributed by atoms with Crippen LogP contribution in [0.15, 0.2) is 24.3 Å². The molecule has 0 saturated heterocycles. The molecule has 2 atom stereocenters. The van der Waals surface area contributed by atoms with E-state index >= 15 is 0 Å². The van der Waals surface area contributed by atoms with Gasteiger partial charge in [-0.15, -0.1) is 0 Å². The first kappa shape index (κ1) is 14.8. The lowest BCUT2D eigenvalue weighted by atomic mass is 9.90. The van der Waals surface area contributed by atoms with Gasteiger partial charge in [-0.25, -0.2) is 0 Å². The molecule has 0 nitrogen and oxygen atoms in total. The Hall–Kier alpha value is -0.300. The molecular weight excluding hydrogens is 272 g/mol. The highest BCUT2D eigenvalue weighted by molar-refractivity contribution is 9.09. The smallest absolute Gasteiger partial charge is 0.0423 e. The molecule has 0 heterocycles. The highest BCUT2D eigenvalue weighted by Gasteiger charge is 2.18. The van der Waals surface area contributed by atoms with E-state index in [-0.39, 0.29) is 0 Å². The first-order valence-electron chi connectivity index (χ1n) is 6.64. The summed E-state index contributed by atoms with van der Waals surface area (Å²) in [5.41, 5.74) is 2.85. The monoisotopic (exact) mass is 296 g/mol. The molecule has 0 N–H and O–H groups in total. The second-order valence-electron chi connectivity index (χ2n) is 5.84. The topological polar surface area (TPSA) is 0 Å². The lowest BCUT2D eigenvalue weighted by molar-refractivity contribution is 0.414. The van der Waals surface area contributed by atoms with Crippen LogP contribution in [-0.2, 0) is 6.42 Å². The Kier molecular flexibility index (Phi) is 5.72. The highest BCUT2D eigenvalue weighted by Crippen LogP contribution is 2.35. The average molecular weight is 297 g/mol. The van der Waals surface area contributed by atoms with Gasteiger partial charge in [-0.05, 0) is 35.3 Å². The maximum atomic E-state index is 3.83. The molecule has 0 aliphatic heterocycles. The number of benzene rings is 1. The minimum absolute atomic E-state index is 0.468. The molecule has 1 aromatic carbocycles. The van der Waals surface area contributed by atoms with Gasteiger partial charge in [0.05, 0.1) is 0 Å². The van der Waals surface area contributed by atoms with Gasteiger partial charge in [0, 0.05) is 4.83 Å². The van der Waals surface area contributed by atoms with Gasteiger partial charge in [-0.1, -0.05) is 74.8 Å². The Balaban J connectivity index is 2.73. The summed E-state index contributed by atoms with van der Waals surface area (Å²) in [4.78, 5) is 0.468. The lowest BCUT2D eigenvalue weighted by Crippen LogP contribution is -2.10. The summed E-state index contributed by atoms with van der Waals surface area (Å²) in [5, 5.41) is 0. The predicted molar refractivity (Wildman–Crippen MR) is 80.7 cm³/mol. The van der Waals surface area contributed by atoms with E-state index in [9.17, 15) is 0 Å². The summed E-state index contributed by atoms with van der Waals surface area (Å²) in [6.45, 7) is 11.4. The molecule has 0 saturated carbocycles. The fraction of sp³-hybridized carbons (Fsp3) is 0.625. The SMILES string of the molecule is CC(C)Cc1ccc(C(Br)C(C)C(C)C)cc1. The van der Waals surface area contributed by atoms with Gasteiger partial charge in [0.25, 0.3) is 0 Å². The van der Waals surface area contributed by atoms with Crippen molar-refractivity contribution >= 4 is 15.9 Å². The van der Waals surface area contributed by atoms with E-state index in [2.05, 4.69) is 74.8 Å². The zero-order chi connectivity index (χ0) is 13.0. The minimum Gasteiger partial charge on any atom is -0.0836 e. The molecule has 0 amide bonds. The van der Waals surface area contributed by atoms with Crippen LogP contribution in [0.5, 0.6) is 0 Å². The van der Waals surface area contributed by atoms with Crippen LogP contribution in [0.25, 0.3) is 0 Å². The van der Waals surface area contributed by atoms with E-state index in [0.717, 1.165) is 5.92 Å². The molecular formula is C16H25Br. The fourth-order valence-electron chi connectivity index (χ4n) is 1.95. The maximum absolute atomic E-state index is 3.83. The number of halogens is 1. The van der Waals surface area contributed by atoms with Crippen LogP contribution in [0, 0.1) is 17.8 Å². The lowest BCUT2D eigenvalue weighted by Gasteiger charge is -2.22. The van der Waals surface area contributed by atoms with Gasteiger partial charge in [-0.3, -0.25) is 0 Å². The van der Waals surface area contributed by atoms with Gasteiger partial charge < -0.3 is 0 Å². The first-order valence-corrected chi connectivity index (χ1v) is 7.56. The van der Waals surface area contributed by atoms with Crippen LogP contribution in [0.4, 0.5) is 0 Å². The van der Waals surface area contributed by atoms with E-state index in [0.29, 0.717) is 16.7 Å². The summed E-state index contributed by atoms with van der Waals surface area (Å²) in [7, 11) is 0. The summed E-state index contributed by atoms with van der Waals surface area (Å²) in [5.74, 6) is 2.09. The van der Waals surface area contributed by atoms with E-state index < -0.39 is 0 Å². The number of rotatable bonds is 5. The molecule has 17 heavy (non-hydrogen) atoms. The molecule has 0 aromatic heterocycles. The van der Waals surface area contributed by atoms with Crippen molar-refractivity contribution in [3.63, 3.8) is 0 Å². The van der Waals surface area contributed by atoms with E-state index in [4.69, 9.17) is 0 Å². The van der Waals surface area contributed by atoms with Crippen molar-refractivity contribution in [1.29, 1.82) is 0 Å². The van der Waals surface area contributed by atoms with Crippen LogP contribution < -0.4 is 0 Å². The fourth-order valence-corrected chi connectivity index (χ4v) is 2.87. The van der Waals surface area contributed by atoms with Crippen molar-refractivity contribution in [1.82, 2.24) is 0 Å². The first-order chi connectivity index (χ1) is 7.91. The van der Waals surface area contributed by atoms with Gasteiger partial charge in [0.1, 0.15) is 0 Å². The molecule has 2 unspecified atom stereocenters. The molecule has 1 aromatic rings. The largest absolute Gasteiger partial charge is 0.0836 e. The molecule has 0 aliphatic carbocycles. The second kappa shape index (κ2) is 6.58. The van der Waals surface area contributed by atoms with Crippen molar-refractivity contribution in [3.8, 4) is 0 Å². The zero-order valence-corrected chi connectivity index (χ0v) is 13.3. The van der Waals surface area contributed by atoms with Crippen molar-refractivity contribution in [3.05, 3.63) is 35.4 Å². The Morgan fingerprint density at radius 2 is 1.47 bits per heavy atom. The Morgan fingerprint density at radius 1 is 0.941 bits per heavy atom. The predicted octanol–water partition coefficient (Wildman–Crippen LogP) is 5.61. The number of hydrogen-bond donors (Lipinski definition) is 0. The molecule has 0 radical (unpaired) electrons. The molecule has 0 aliphatic rings. The van der Waals surface area contributed by atoms with Crippen molar-refractivity contribution in [2.45, 2.75) is 45.9 Å². The molecule has 0 spiro atoms. The highest BCUT2D eigenvalue weighted by atomic mass is 79.9.